The molecule has 0 fully saturated rings. The number of carboxylic acid groups (broad SMARTS) is 1. The monoisotopic (exact) mass is 509 g/mol. The van der Waals surface area contributed by atoms with E-state index in [-0.39, 0.29) is 24.0 Å². The average molecular weight is 510 g/mol. The average Bonchev–Trinajstić information content (AvgIpc) is 2.83. The Bertz CT molecular complexity index is 901. The Morgan fingerprint density at radius 3 is 1.92 bits per heavy atom. The van der Waals surface area contributed by atoms with Gasteiger partial charge >= 0.3 is 24.1 Å². The standard InChI is InChI=1S/C26H39NO9/c1-7-9-15(3)24(30)35-19-12-11-18(13-20(19)36-25(31)16(4)10-8-2)21(22(27)23(28)29)17(5)14-34-26(32)33-6/h11-13,15-17,21-22H,7-10,14,27H2,1-6H3,(H,28,29)/t15?,16?,17?,21?,22-/m0/s1. The maximum atomic E-state index is 12.7. The van der Waals surface area contributed by atoms with Gasteiger partial charge in [0.05, 0.1) is 25.6 Å². The number of rotatable bonds is 14. The predicted octanol–water partition coefficient (Wildman–Crippen LogP) is 4.28. The van der Waals surface area contributed by atoms with Crippen molar-refractivity contribution in [1.29, 1.82) is 0 Å². The zero-order valence-corrected chi connectivity index (χ0v) is 21.9. The van der Waals surface area contributed by atoms with Crippen LogP contribution in [0.5, 0.6) is 11.5 Å². The highest BCUT2D eigenvalue weighted by Crippen LogP contribution is 2.36. The molecule has 3 N–H and O–H groups in total. The Kier molecular flexibility index (Phi) is 12.9. The first-order valence-electron chi connectivity index (χ1n) is 12.2. The van der Waals surface area contributed by atoms with Crippen molar-refractivity contribution in [2.75, 3.05) is 13.7 Å². The van der Waals surface area contributed by atoms with Gasteiger partial charge in [-0.05, 0) is 36.5 Å². The molecule has 4 unspecified atom stereocenters. The molecule has 1 aromatic carbocycles. The summed E-state index contributed by atoms with van der Waals surface area (Å²) in [6, 6.07) is 3.10. The molecule has 0 radical (unpaired) electrons. The zero-order valence-electron chi connectivity index (χ0n) is 21.9. The maximum absolute atomic E-state index is 12.7. The molecule has 0 bridgehead atoms. The number of hydrogen-bond donors (Lipinski definition) is 2. The second-order valence-electron chi connectivity index (χ2n) is 9.06. The zero-order chi connectivity index (χ0) is 27.4. The van der Waals surface area contributed by atoms with Crippen LogP contribution >= 0.6 is 0 Å². The fraction of sp³-hybridized carbons (Fsp3) is 0.615. The van der Waals surface area contributed by atoms with Gasteiger partial charge in [-0.2, -0.15) is 0 Å². The van der Waals surface area contributed by atoms with Gasteiger partial charge in [-0.1, -0.05) is 53.5 Å². The van der Waals surface area contributed by atoms with Gasteiger partial charge in [-0.15, -0.1) is 0 Å². The molecule has 0 aliphatic heterocycles. The van der Waals surface area contributed by atoms with Crippen LogP contribution in [0, 0.1) is 17.8 Å². The van der Waals surface area contributed by atoms with Gasteiger partial charge in [-0.25, -0.2) is 4.79 Å². The van der Waals surface area contributed by atoms with Gasteiger partial charge in [0.1, 0.15) is 6.04 Å². The quantitative estimate of drug-likeness (QED) is 0.274. The van der Waals surface area contributed by atoms with Crippen molar-refractivity contribution < 1.29 is 43.2 Å². The molecule has 10 heteroatoms. The molecule has 0 spiro atoms. The number of carboxylic acids is 1. The third-order valence-corrected chi connectivity index (χ3v) is 5.94. The van der Waals surface area contributed by atoms with Crippen LogP contribution in [0.15, 0.2) is 18.2 Å². The Hall–Kier alpha value is -3.14. The van der Waals surface area contributed by atoms with Crippen molar-refractivity contribution >= 4 is 24.1 Å². The van der Waals surface area contributed by atoms with Crippen molar-refractivity contribution in [3.63, 3.8) is 0 Å². The number of esters is 2. The smallest absolute Gasteiger partial charge is 0.480 e. The number of aliphatic carboxylic acids is 1. The lowest BCUT2D eigenvalue weighted by molar-refractivity contribution is -0.141. The van der Waals surface area contributed by atoms with E-state index in [0.717, 1.165) is 20.0 Å². The summed E-state index contributed by atoms with van der Waals surface area (Å²) in [6.45, 7) is 8.90. The number of hydrogen-bond acceptors (Lipinski definition) is 9. The maximum Gasteiger partial charge on any atom is 0.507 e. The van der Waals surface area contributed by atoms with Crippen LogP contribution in [-0.2, 0) is 23.9 Å². The van der Waals surface area contributed by atoms with E-state index in [1.54, 1.807) is 26.8 Å². The minimum Gasteiger partial charge on any atom is -0.480 e. The van der Waals surface area contributed by atoms with Crippen LogP contribution in [0.25, 0.3) is 0 Å². The van der Waals surface area contributed by atoms with Crippen LogP contribution in [-0.4, -0.2) is 48.9 Å². The lowest BCUT2D eigenvalue weighted by Crippen LogP contribution is -2.40. The van der Waals surface area contributed by atoms with E-state index in [1.807, 2.05) is 13.8 Å². The van der Waals surface area contributed by atoms with Gasteiger partial charge in [0.2, 0.25) is 0 Å². The topological polar surface area (TPSA) is 151 Å². The molecule has 10 nitrogen and oxygen atoms in total. The number of methoxy groups -OCH3 is 1. The van der Waals surface area contributed by atoms with Gasteiger partial charge in [0, 0.05) is 5.92 Å². The van der Waals surface area contributed by atoms with E-state index in [4.69, 9.17) is 19.9 Å². The molecule has 0 saturated carbocycles. The molecule has 0 saturated heterocycles. The van der Waals surface area contributed by atoms with Crippen molar-refractivity contribution in [2.45, 2.75) is 72.3 Å². The second kappa shape index (κ2) is 15.1. The molecule has 0 aliphatic rings. The van der Waals surface area contributed by atoms with Gasteiger partial charge in [0.15, 0.2) is 11.5 Å². The number of ether oxygens (including phenoxy) is 4. The fourth-order valence-corrected chi connectivity index (χ4v) is 3.82. The number of benzene rings is 1. The number of carbonyl (C=O) groups is 4. The van der Waals surface area contributed by atoms with E-state index >= 15 is 0 Å². The number of nitrogens with two attached hydrogens (primary N) is 1. The molecule has 0 aliphatic carbocycles. The van der Waals surface area contributed by atoms with Gasteiger partial charge < -0.3 is 29.8 Å². The van der Waals surface area contributed by atoms with Crippen LogP contribution in [0.3, 0.4) is 0 Å². The Balaban J connectivity index is 3.44. The summed E-state index contributed by atoms with van der Waals surface area (Å²) in [7, 11) is 1.16. The van der Waals surface area contributed by atoms with Crippen LogP contribution in [0.4, 0.5) is 4.79 Å². The highest BCUT2D eigenvalue weighted by atomic mass is 16.7. The SMILES string of the molecule is CCCC(C)C(=O)Oc1ccc(C(C(C)COC(=O)OC)[C@H](N)C(=O)O)cc1OC(=O)C(C)CCC. The first-order valence-corrected chi connectivity index (χ1v) is 12.2. The van der Waals surface area contributed by atoms with E-state index in [2.05, 4.69) is 4.74 Å². The van der Waals surface area contributed by atoms with Gasteiger partial charge in [0.25, 0.3) is 0 Å². The Morgan fingerprint density at radius 1 is 0.917 bits per heavy atom. The summed E-state index contributed by atoms with van der Waals surface area (Å²) in [5.41, 5.74) is 6.41. The summed E-state index contributed by atoms with van der Waals surface area (Å²) in [5, 5.41) is 9.61. The molecule has 0 amide bonds. The van der Waals surface area contributed by atoms with Crippen molar-refractivity contribution in [3.05, 3.63) is 23.8 Å². The van der Waals surface area contributed by atoms with E-state index in [1.165, 1.54) is 12.1 Å². The summed E-state index contributed by atoms with van der Waals surface area (Å²) >= 11 is 0. The molecule has 0 aromatic heterocycles. The molecule has 5 atom stereocenters. The molecular formula is C26H39NO9. The first-order chi connectivity index (χ1) is 17.0. The summed E-state index contributed by atoms with van der Waals surface area (Å²) < 4.78 is 20.6. The summed E-state index contributed by atoms with van der Waals surface area (Å²) in [4.78, 5) is 48.4. The highest BCUT2D eigenvalue weighted by molar-refractivity contribution is 5.79. The molecule has 36 heavy (non-hydrogen) atoms. The molecule has 202 valence electrons. The number of carbonyl (C=O) groups excluding carboxylic acids is 3. The molecule has 0 heterocycles. The normalized spacial score (nSPS) is 15.1. The minimum atomic E-state index is -1.36. The Labute approximate surface area is 212 Å². The third kappa shape index (κ3) is 9.14. The van der Waals surface area contributed by atoms with E-state index in [0.29, 0.717) is 18.4 Å². The summed E-state index contributed by atoms with van der Waals surface area (Å²) in [5.74, 6) is -4.34. The molecule has 1 aromatic rings. The Morgan fingerprint density at radius 2 is 1.44 bits per heavy atom. The van der Waals surface area contributed by atoms with Crippen molar-refractivity contribution in [1.82, 2.24) is 0 Å². The van der Waals surface area contributed by atoms with E-state index in [9.17, 15) is 24.3 Å². The van der Waals surface area contributed by atoms with Gasteiger partial charge in [-0.3, -0.25) is 14.4 Å². The highest BCUT2D eigenvalue weighted by Gasteiger charge is 2.33. The van der Waals surface area contributed by atoms with Crippen LogP contribution in [0.1, 0.15) is 71.8 Å². The lowest BCUT2D eigenvalue weighted by atomic mass is 9.82. The van der Waals surface area contributed by atoms with Crippen LogP contribution < -0.4 is 15.2 Å². The summed E-state index contributed by atoms with van der Waals surface area (Å²) in [6.07, 6.45) is 1.90. The fourth-order valence-electron chi connectivity index (χ4n) is 3.82. The third-order valence-electron chi connectivity index (χ3n) is 5.94. The van der Waals surface area contributed by atoms with Crippen molar-refractivity contribution in [3.8, 4) is 11.5 Å². The molecular weight excluding hydrogens is 470 g/mol. The minimum absolute atomic E-state index is 0.0128. The largest absolute Gasteiger partial charge is 0.507 e. The first kappa shape index (κ1) is 30.9. The second-order valence-corrected chi connectivity index (χ2v) is 9.06. The van der Waals surface area contributed by atoms with Crippen molar-refractivity contribution in [2.24, 2.45) is 23.5 Å². The predicted molar refractivity (Wildman–Crippen MR) is 132 cm³/mol. The molecule has 1 rings (SSSR count). The van der Waals surface area contributed by atoms with Crippen LogP contribution in [0.2, 0.25) is 0 Å². The van der Waals surface area contributed by atoms with E-state index < -0.39 is 47.9 Å². The lowest BCUT2D eigenvalue weighted by Gasteiger charge is -2.28.